The van der Waals surface area contributed by atoms with Crippen molar-refractivity contribution in [1.29, 1.82) is 0 Å². The second-order valence-electron chi connectivity index (χ2n) is 5.23. The van der Waals surface area contributed by atoms with Crippen LogP contribution in [-0.4, -0.2) is 10.7 Å². The summed E-state index contributed by atoms with van der Waals surface area (Å²) < 4.78 is 0. The van der Waals surface area contributed by atoms with E-state index in [2.05, 4.69) is 0 Å². The Bertz CT molecular complexity index is 979. The summed E-state index contributed by atoms with van der Waals surface area (Å²) in [6.07, 6.45) is 3.09. The van der Waals surface area contributed by atoms with Crippen LogP contribution in [0, 0.1) is 10.1 Å². The van der Waals surface area contributed by atoms with Crippen molar-refractivity contribution < 1.29 is 9.72 Å². The Morgan fingerprint density at radius 3 is 2.50 bits per heavy atom. The maximum atomic E-state index is 12.2. The third-order valence-electron chi connectivity index (χ3n) is 3.63. The topological polar surface area (TPSA) is 60.2 Å². The van der Waals surface area contributed by atoms with Crippen molar-refractivity contribution in [3.63, 3.8) is 0 Å². The van der Waals surface area contributed by atoms with E-state index < -0.39 is 4.92 Å². The van der Waals surface area contributed by atoms with Crippen LogP contribution in [0.1, 0.15) is 15.9 Å². The van der Waals surface area contributed by atoms with E-state index in [0.29, 0.717) is 0 Å². The fourth-order valence-electron chi connectivity index (χ4n) is 2.39. The van der Waals surface area contributed by atoms with Crippen LogP contribution in [0.4, 0.5) is 5.69 Å². The first-order valence-corrected chi connectivity index (χ1v) is 7.57. The maximum absolute atomic E-state index is 12.2. The molecule has 0 N–H and O–H groups in total. The molecule has 0 radical (unpaired) electrons. The molecule has 0 aliphatic carbocycles. The van der Waals surface area contributed by atoms with E-state index in [4.69, 9.17) is 11.6 Å². The number of allylic oxidation sites excluding steroid dienone is 1. The Morgan fingerprint density at radius 2 is 1.75 bits per heavy atom. The molecule has 0 aliphatic rings. The van der Waals surface area contributed by atoms with E-state index in [9.17, 15) is 14.9 Å². The Kier molecular flexibility index (Phi) is 4.40. The second kappa shape index (κ2) is 6.64. The number of ketones is 1. The quantitative estimate of drug-likeness (QED) is 0.281. The molecule has 118 valence electrons. The zero-order chi connectivity index (χ0) is 17.1. The highest BCUT2D eigenvalue weighted by Gasteiger charge is 2.14. The van der Waals surface area contributed by atoms with Crippen molar-refractivity contribution in [3.05, 3.63) is 93.0 Å². The number of nitro benzene ring substituents is 1. The van der Waals surface area contributed by atoms with E-state index in [-0.39, 0.29) is 22.1 Å². The van der Waals surface area contributed by atoms with Crippen molar-refractivity contribution in [2.45, 2.75) is 0 Å². The Morgan fingerprint density at radius 1 is 1.00 bits per heavy atom. The number of carbonyl (C=O) groups is 1. The largest absolute Gasteiger partial charge is 0.289 e. The third kappa shape index (κ3) is 3.34. The molecule has 0 saturated carbocycles. The summed E-state index contributed by atoms with van der Waals surface area (Å²) in [5.74, 6) is -0.317. The van der Waals surface area contributed by atoms with Crippen LogP contribution in [0.25, 0.3) is 16.8 Å². The number of benzene rings is 3. The van der Waals surface area contributed by atoms with Gasteiger partial charge >= 0.3 is 0 Å². The van der Waals surface area contributed by atoms with E-state index in [1.165, 1.54) is 24.3 Å². The standard InChI is InChI=1S/C19H12ClNO3/c20-17-9-8-16(12-18(17)21(23)24)19(22)10-6-13-5-7-14-3-1-2-4-15(14)11-13/h1-12H/b10-6+. The molecular weight excluding hydrogens is 326 g/mol. The first-order valence-electron chi connectivity index (χ1n) is 7.20. The smallest absolute Gasteiger partial charge is 0.288 e. The monoisotopic (exact) mass is 337 g/mol. The van der Waals surface area contributed by atoms with Crippen LogP contribution < -0.4 is 0 Å². The fraction of sp³-hybridized carbons (Fsp3) is 0. The molecule has 0 fully saturated rings. The highest BCUT2D eigenvalue weighted by Crippen LogP contribution is 2.25. The minimum Gasteiger partial charge on any atom is -0.289 e. The van der Waals surface area contributed by atoms with Gasteiger partial charge in [-0.25, -0.2) is 0 Å². The van der Waals surface area contributed by atoms with Gasteiger partial charge in [0.05, 0.1) is 4.92 Å². The number of rotatable bonds is 4. The number of carbonyl (C=O) groups excluding carboxylic acids is 1. The van der Waals surface area contributed by atoms with Gasteiger partial charge < -0.3 is 0 Å². The van der Waals surface area contributed by atoms with E-state index in [0.717, 1.165) is 16.3 Å². The van der Waals surface area contributed by atoms with Crippen LogP contribution in [0.3, 0.4) is 0 Å². The molecule has 0 aliphatic heterocycles. The van der Waals surface area contributed by atoms with Gasteiger partial charge in [-0.2, -0.15) is 0 Å². The number of nitrogens with zero attached hydrogens (tertiary/aromatic N) is 1. The molecule has 3 aromatic carbocycles. The minimum absolute atomic E-state index is 0.00931. The minimum atomic E-state index is -0.605. The highest BCUT2D eigenvalue weighted by atomic mass is 35.5. The zero-order valence-electron chi connectivity index (χ0n) is 12.5. The van der Waals surface area contributed by atoms with E-state index >= 15 is 0 Å². The zero-order valence-corrected chi connectivity index (χ0v) is 13.2. The van der Waals surface area contributed by atoms with Crippen molar-refractivity contribution in [1.82, 2.24) is 0 Å². The van der Waals surface area contributed by atoms with Crippen molar-refractivity contribution in [2.24, 2.45) is 0 Å². The van der Waals surface area contributed by atoms with Gasteiger partial charge in [0, 0.05) is 11.6 Å². The molecule has 24 heavy (non-hydrogen) atoms. The van der Waals surface area contributed by atoms with E-state index in [1.807, 2.05) is 42.5 Å². The summed E-state index contributed by atoms with van der Waals surface area (Å²) in [7, 11) is 0. The molecule has 0 spiro atoms. The summed E-state index contributed by atoms with van der Waals surface area (Å²) >= 11 is 5.75. The summed E-state index contributed by atoms with van der Waals surface area (Å²) in [5.41, 5.74) is 0.829. The Hall–Kier alpha value is -2.98. The molecule has 5 heteroatoms. The molecule has 0 heterocycles. The maximum Gasteiger partial charge on any atom is 0.288 e. The number of fused-ring (bicyclic) bond motifs is 1. The molecule has 3 aromatic rings. The normalized spacial score (nSPS) is 11.0. The van der Waals surface area contributed by atoms with Gasteiger partial charge in [0.25, 0.3) is 5.69 Å². The molecule has 0 saturated heterocycles. The molecule has 0 atom stereocenters. The second-order valence-corrected chi connectivity index (χ2v) is 5.63. The van der Waals surface area contributed by atoms with Crippen LogP contribution >= 0.6 is 11.6 Å². The van der Waals surface area contributed by atoms with Crippen molar-refractivity contribution in [3.8, 4) is 0 Å². The molecule has 0 bridgehead atoms. The molecule has 0 amide bonds. The predicted molar refractivity (Wildman–Crippen MR) is 95.4 cm³/mol. The van der Waals surface area contributed by atoms with Gasteiger partial charge in [-0.3, -0.25) is 14.9 Å². The van der Waals surface area contributed by atoms with Gasteiger partial charge in [-0.05, 0) is 40.6 Å². The molecular formula is C19H12ClNO3. The first kappa shape index (κ1) is 15.9. The van der Waals surface area contributed by atoms with Crippen LogP contribution in [0.15, 0.2) is 66.7 Å². The lowest BCUT2D eigenvalue weighted by atomic mass is 10.1. The average molecular weight is 338 g/mol. The molecule has 0 aromatic heterocycles. The SMILES string of the molecule is O=C(/C=C/c1ccc2ccccc2c1)c1ccc(Cl)c([N+](=O)[O-])c1. The Balaban J connectivity index is 1.86. The summed E-state index contributed by atoms with van der Waals surface area (Å²) in [4.78, 5) is 22.5. The fourth-order valence-corrected chi connectivity index (χ4v) is 2.57. The lowest BCUT2D eigenvalue weighted by molar-refractivity contribution is -0.384. The van der Waals surface area contributed by atoms with Crippen LogP contribution in [0.2, 0.25) is 5.02 Å². The number of halogens is 1. The average Bonchev–Trinajstić information content (AvgIpc) is 2.59. The van der Waals surface area contributed by atoms with Gasteiger partial charge in [0.2, 0.25) is 0 Å². The predicted octanol–water partition coefficient (Wildman–Crippen LogP) is 5.30. The summed E-state index contributed by atoms with van der Waals surface area (Å²) in [5, 5.41) is 13.1. The number of hydrogen-bond donors (Lipinski definition) is 0. The van der Waals surface area contributed by atoms with Gasteiger partial charge in [-0.1, -0.05) is 54.1 Å². The highest BCUT2D eigenvalue weighted by molar-refractivity contribution is 6.32. The molecule has 3 rings (SSSR count). The van der Waals surface area contributed by atoms with Gasteiger partial charge in [0.1, 0.15) is 5.02 Å². The van der Waals surface area contributed by atoms with Crippen molar-refractivity contribution >= 4 is 39.9 Å². The third-order valence-corrected chi connectivity index (χ3v) is 3.95. The van der Waals surface area contributed by atoms with Crippen molar-refractivity contribution in [2.75, 3.05) is 0 Å². The summed E-state index contributed by atoms with van der Waals surface area (Å²) in [6, 6.07) is 17.8. The van der Waals surface area contributed by atoms with Crippen LogP contribution in [-0.2, 0) is 0 Å². The van der Waals surface area contributed by atoms with Gasteiger partial charge in [0.15, 0.2) is 5.78 Å². The lowest BCUT2D eigenvalue weighted by Crippen LogP contribution is -1.97. The summed E-state index contributed by atoms with van der Waals surface area (Å²) in [6.45, 7) is 0. The van der Waals surface area contributed by atoms with Gasteiger partial charge in [-0.15, -0.1) is 0 Å². The lowest BCUT2D eigenvalue weighted by Gasteiger charge is -2.00. The van der Waals surface area contributed by atoms with E-state index in [1.54, 1.807) is 6.08 Å². The number of hydrogen-bond acceptors (Lipinski definition) is 3. The molecule has 0 unspecified atom stereocenters. The van der Waals surface area contributed by atoms with Crippen LogP contribution in [0.5, 0.6) is 0 Å². The first-order chi connectivity index (χ1) is 11.5. The Labute approximate surface area is 143 Å². The number of nitro groups is 1. The molecule has 4 nitrogen and oxygen atoms in total.